The monoisotopic (exact) mass is 296 g/mol. The summed E-state index contributed by atoms with van der Waals surface area (Å²) in [6.07, 6.45) is 3.17. The first kappa shape index (κ1) is 17.5. The third kappa shape index (κ3) is 5.78. The highest BCUT2D eigenvalue weighted by molar-refractivity contribution is 5.96. The van der Waals surface area contributed by atoms with E-state index in [2.05, 4.69) is 0 Å². The number of likely N-dealkylation sites (tertiary alicyclic amines) is 1. The Balaban J connectivity index is 2.68. The van der Waals surface area contributed by atoms with Crippen LogP contribution in [0.15, 0.2) is 11.8 Å². The molecule has 21 heavy (non-hydrogen) atoms. The molecule has 0 saturated carbocycles. The molecule has 0 spiro atoms. The zero-order valence-electron chi connectivity index (χ0n) is 14.1. The van der Waals surface area contributed by atoms with Gasteiger partial charge in [0.2, 0.25) is 0 Å². The molecule has 0 radical (unpaired) electrons. The second kappa shape index (κ2) is 6.96. The largest absolute Gasteiger partial charge is 0.444 e. The Morgan fingerprint density at radius 1 is 1.29 bits per heavy atom. The maximum Gasteiger partial charge on any atom is 0.410 e. The van der Waals surface area contributed by atoms with Gasteiger partial charge >= 0.3 is 6.09 Å². The highest BCUT2D eigenvalue weighted by atomic mass is 16.6. The average molecular weight is 296 g/mol. The molecule has 1 atom stereocenters. The highest BCUT2D eigenvalue weighted by Gasteiger charge is 2.31. The van der Waals surface area contributed by atoms with Gasteiger partial charge in [-0.25, -0.2) is 4.79 Å². The summed E-state index contributed by atoms with van der Waals surface area (Å²) >= 11 is 0. The summed E-state index contributed by atoms with van der Waals surface area (Å²) in [7, 11) is 3.79. The molecular weight excluding hydrogens is 268 g/mol. The summed E-state index contributed by atoms with van der Waals surface area (Å²) in [6.45, 7) is 8.49. The van der Waals surface area contributed by atoms with Crippen molar-refractivity contribution < 1.29 is 14.3 Å². The SMILES string of the molecule is C/C(=C/N(C)C)C(=O)C1CCCN(C(=O)OC(C)(C)C)C1. The molecule has 5 nitrogen and oxygen atoms in total. The zero-order chi connectivity index (χ0) is 16.2. The van der Waals surface area contributed by atoms with E-state index in [1.807, 2.05) is 52.9 Å². The van der Waals surface area contributed by atoms with Gasteiger partial charge in [-0.3, -0.25) is 4.79 Å². The number of ether oxygens (including phenoxy) is 1. The number of ketones is 1. The van der Waals surface area contributed by atoms with Crippen LogP contribution in [-0.2, 0) is 9.53 Å². The van der Waals surface area contributed by atoms with Gasteiger partial charge in [0, 0.05) is 44.9 Å². The molecule has 1 unspecified atom stereocenters. The fourth-order valence-electron chi connectivity index (χ4n) is 2.46. The molecule has 0 aromatic heterocycles. The van der Waals surface area contributed by atoms with E-state index < -0.39 is 5.60 Å². The lowest BCUT2D eigenvalue weighted by Gasteiger charge is -2.33. The van der Waals surface area contributed by atoms with Crippen molar-refractivity contribution in [2.45, 2.75) is 46.1 Å². The Morgan fingerprint density at radius 3 is 2.43 bits per heavy atom. The maximum atomic E-state index is 12.4. The average Bonchev–Trinajstić information content (AvgIpc) is 2.35. The first-order chi connectivity index (χ1) is 9.60. The van der Waals surface area contributed by atoms with Gasteiger partial charge in [0.05, 0.1) is 0 Å². The molecule has 0 aromatic rings. The highest BCUT2D eigenvalue weighted by Crippen LogP contribution is 2.22. The molecule has 5 heteroatoms. The van der Waals surface area contributed by atoms with E-state index in [1.165, 1.54) is 0 Å². The van der Waals surface area contributed by atoms with E-state index in [0.29, 0.717) is 13.1 Å². The van der Waals surface area contributed by atoms with Crippen molar-refractivity contribution in [2.75, 3.05) is 27.2 Å². The van der Waals surface area contributed by atoms with Crippen LogP contribution in [0.2, 0.25) is 0 Å². The van der Waals surface area contributed by atoms with Crippen LogP contribution >= 0.6 is 0 Å². The summed E-state index contributed by atoms with van der Waals surface area (Å²) < 4.78 is 5.38. The quantitative estimate of drug-likeness (QED) is 0.751. The molecule has 0 aliphatic carbocycles. The van der Waals surface area contributed by atoms with Crippen LogP contribution in [0.4, 0.5) is 4.79 Å². The Kier molecular flexibility index (Phi) is 5.81. The van der Waals surface area contributed by atoms with Crippen LogP contribution in [0.5, 0.6) is 0 Å². The number of Topliss-reactive ketones (excluding diaryl/α,β-unsaturated/α-hetero) is 1. The summed E-state index contributed by atoms with van der Waals surface area (Å²) in [5.41, 5.74) is 0.227. The number of carbonyl (C=O) groups excluding carboxylic acids is 2. The predicted molar refractivity (Wildman–Crippen MR) is 83.0 cm³/mol. The number of rotatable bonds is 3. The molecule has 1 amide bonds. The summed E-state index contributed by atoms with van der Waals surface area (Å²) in [5, 5.41) is 0. The second-order valence-corrected chi connectivity index (χ2v) is 6.91. The summed E-state index contributed by atoms with van der Waals surface area (Å²) in [6, 6.07) is 0. The first-order valence-corrected chi connectivity index (χ1v) is 7.47. The van der Waals surface area contributed by atoms with Crippen LogP contribution in [0.1, 0.15) is 40.5 Å². The molecular formula is C16H28N2O3. The number of hydrogen-bond donors (Lipinski definition) is 0. The van der Waals surface area contributed by atoms with Crippen molar-refractivity contribution >= 4 is 11.9 Å². The topological polar surface area (TPSA) is 49.9 Å². The molecule has 1 rings (SSSR count). The van der Waals surface area contributed by atoms with Crippen LogP contribution in [0.25, 0.3) is 0 Å². The molecule has 0 bridgehead atoms. The van der Waals surface area contributed by atoms with Gasteiger partial charge in [-0.1, -0.05) is 0 Å². The van der Waals surface area contributed by atoms with E-state index >= 15 is 0 Å². The van der Waals surface area contributed by atoms with Gasteiger partial charge in [0.15, 0.2) is 5.78 Å². The smallest absolute Gasteiger partial charge is 0.410 e. The third-order valence-electron chi connectivity index (χ3n) is 3.28. The molecule has 1 saturated heterocycles. The lowest BCUT2D eigenvalue weighted by Crippen LogP contribution is -2.44. The predicted octanol–water partition coefficient (Wildman–Crippen LogP) is 2.67. The lowest BCUT2D eigenvalue weighted by molar-refractivity contribution is -0.120. The number of allylic oxidation sites excluding steroid dienone is 1. The van der Waals surface area contributed by atoms with Gasteiger partial charge in [-0.05, 0) is 40.5 Å². The van der Waals surface area contributed by atoms with Crippen LogP contribution in [-0.4, -0.2) is 54.5 Å². The zero-order valence-corrected chi connectivity index (χ0v) is 14.1. The van der Waals surface area contributed by atoms with Crippen LogP contribution < -0.4 is 0 Å². The molecule has 0 aromatic carbocycles. The minimum atomic E-state index is -0.505. The number of carbonyl (C=O) groups is 2. The first-order valence-electron chi connectivity index (χ1n) is 7.47. The standard InChI is InChI=1S/C16H28N2O3/c1-12(10-17(5)6)14(19)13-8-7-9-18(11-13)15(20)21-16(2,3)4/h10,13H,7-9,11H2,1-6H3/b12-10-. The molecule has 120 valence electrons. The third-order valence-corrected chi connectivity index (χ3v) is 3.28. The van der Waals surface area contributed by atoms with Crippen LogP contribution in [0, 0.1) is 5.92 Å². The second-order valence-electron chi connectivity index (χ2n) is 6.91. The number of piperidine rings is 1. The minimum absolute atomic E-state index is 0.122. The van der Waals surface area contributed by atoms with Crippen molar-refractivity contribution in [3.8, 4) is 0 Å². The van der Waals surface area contributed by atoms with Crippen molar-refractivity contribution in [3.05, 3.63) is 11.8 Å². The number of nitrogens with zero attached hydrogens (tertiary/aromatic N) is 2. The fourth-order valence-corrected chi connectivity index (χ4v) is 2.46. The van der Waals surface area contributed by atoms with Gasteiger partial charge < -0.3 is 14.5 Å². The maximum absolute atomic E-state index is 12.4. The number of amides is 1. The van der Waals surface area contributed by atoms with Crippen LogP contribution in [0.3, 0.4) is 0 Å². The molecule has 1 aliphatic rings. The van der Waals surface area contributed by atoms with E-state index in [-0.39, 0.29) is 17.8 Å². The van der Waals surface area contributed by atoms with Gasteiger partial charge in [0.1, 0.15) is 5.60 Å². The lowest BCUT2D eigenvalue weighted by atomic mass is 9.91. The summed E-state index contributed by atoms with van der Waals surface area (Å²) in [4.78, 5) is 28.0. The minimum Gasteiger partial charge on any atom is -0.444 e. The Morgan fingerprint density at radius 2 is 1.90 bits per heavy atom. The molecule has 1 heterocycles. The number of hydrogen-bond acceptors (Lipinski definition) is 4. The van der Waals surface area contributed by atoms with Crippen molar-refractivity contribution in [3.63, 3.8) is 0 Å². The van der Waals surface area contributed by atoms with E-state index in [1.54, 1.807) is 4.90 Å². The Labute approximate surface area is 127 Å². The Bertz CT molecular complexity index is 422. The van der Waals surface area contributed by atoms with Gasteiger partial charge in [0.25, 0.3) is 0 Å². The van der Waals surface area contributed by atoms with Crippen molar-refractivity contribution in [1.29, 1.82) is 0 Å². The Hall–Kier alpha value is -1.52. The van der Waals surface area contributed by atoms with E-state index in [0.717, 1.165) is 18.4 Å². The van der Waals surface area contributed by atoms with Crippen molar-refractivity contribution in [2.24, 2.45) is 5.92 Å². The van der Waals surface area contributed by atoms with E-state index in [9.17, 15) is 9.59 Å². The summed E-state index contributed by atoms with van der Waals surface area (Å²) in [5.74, 6) is -0.000531. The van der Waals surface area contributed by atoms with Crippen molar-refractivity contribution in [1.82, 2.24) is 9.80 Å². The fraction of sp³-hybridized carbons (Fsp3) is 0.750. The molecule has 0 N–H and O–H groups in total. The molecule has 1 fully saturated rings. The van der Waals surface area contributed by atoms with Gasteiger partial charge in [-0.15, -0.1) is 0 Å². The van der Waals surface area contributed by atoms with E-state index in [4.69, 9.17) is 4.74 Å². The van der Waals surface area contributed by atoms with Gasteiger partial charge in [-0.2, -0.15) is 0 Å². The molecule has 1 aliphatic heterocycles. The normalized spacial score (nSPS) is 20.2.